The second-order valence-electron chi connectivity index (χ2n) is 6.13. The minimum Gasteiger partial charge on any atom is -0.348 e. The zero-order chi connectivity index (χ0) is 19.3. The molecule has 8 heteroatoms. The maximum Gasteiger partial charge on any atom is 0.223 e. The van der Waals surface area contributed by atoms with E-state index in [1.807, 2.05) is 43.5 Å². The third-order valence-corrected chi connectivity index (χ3v) is 4.17. The molecule has 0 spiro atoms. The molecule has 0 amide bonds. The quantitative estimate of drug-likeness (QED) is 0.577. The molecule has 0 radical (unpaired) electrons. The lowest BCUT2D eigenvalue weighted by atomic mass is 10.0. The van der Waals surface area contributed by atoms with E-state index in [9.17, 15) is 0 Å². The molecule has 28 heavy (non-hydrogen) atoms. The van der Waals surface area contributed by atoms with Gasteiger partial charge < -0.3 is 5.32 Å². The number of hydrogen-bond acceptors (Lipinski definition) is 7. The molecule has 0 atom stereocenters. The van der Waals surface area contributed by atoms with Crippen LogP contribution < -0.4 is 5.32 Å². The van der Waals surface area contributed by atoms with Crippen molar-refractivity contribution in [2.75, 3.05) is 5.32 Å². The molecule has 0 saturated heterocycles. The van der Waals surface area contributed by atoms with Gasteiger partial charge >= 0.3 is 0 Å². The summed E-state index contributed by atoms with van der Waals surface area (Å²) in [6.07, 6.45) is 6.97. The lowest BCUT2D eigenvalue weighted by Gasteiger charge is -2.08. The number of nitrogens with zero attached hydrogens (tertiary/aromatic N) is 7. The van der Waals surface area contributed by atoms with Crippen molar-refractivity contribution < 1.29 is 0 Å². The lowest BCUT2D eigenvalue weighted by molar-refractivity contribution is 0.794. The predicted octanol–water partition coefficient (Wildman–Crippen LogP) is 2.91. The second-order valence-corrected chi connectivity index (χ2v) is 6.13. The average Bonchev–Trinajstić information content (AvgIpc) is 3.22. The maximum absolute atomic E-state index is 9.02. The monoisotopic (exact) mass is 368 g/mol. The zero-order valence-corrected chi connectivity index (χ0v) is 15.1. The summed E-state index contributed by atoms with van der Waals surface area (Å²) in [5, 5.41) is 20.5. The minimum atomic E-state index is 0.441. The average molecular weight is 368 g/mol. The summed E-state index contributed by atoms with van der Waals surface area (Å²) in [6.45, 7) is 2.40. The van der Waals surface area contributed by atoms with Crippen molar-refractivity contribution in [2.45, 2.75) is 13.5 Å². The summed E-state index contributed by atoms with van der Waals surface area (Å²) in [7, 11) is 0. The summed E-state index contributed by atoms with van der Waals surface area (Å²) < 4.78 is 1.67. The maximum atomic E-state index is 9.02. The first kappa shape index (κ1) is 17.3. The van der Waals surface area contributed by atoms with E-state index >= 15 is 0 Å². The van der Waals surface area contributed by atoms with E-state index in [0.717, 1.165) is 28.2 Å². The molecule has 0 aliphatic rings. The highest BCUT2D eigenvalue weighted by atomic mass is 15.4. The van der Waals surface area contributed by atoms with E-state index in [-0.39, 0.29) is 0 Å². The van der Waals surface area contributed by atoms with E-state index < -0.39 is 0 Å². The Morgan fingerprint density at radius 3 is 2.89 bits per heavy atom. The number of nitriles is 1. The third-order valence-electron chi connectivity index (χ3n) is 4.17. The van der Waals surface area contributed by atoms with Gasteiger partial charge in [-0.3, -0.25) is 4.98 Å². The molecule has 8 nitrogen and oxygen atoms in total. The molecular formula is C20H16N8. The Hall–Kier alpha value is -4.12. The summed E-state index contributed by atoms with van der Waals surface area (Å²) >= 11 is 0. The van der Waals surface area contributed by atoms with Crippen LogP contribution in [0.5, 0.6) is 0 Å². The number of anilines is 1. The van der Waals surface area contributed by atoms with E-state index in [1.54, 1.807) is 29.3 Å². The molecule has 0 aliphatic heterocycles. The molecular weight excluding hydrogens is 352 g/mol. The zero-order valence-electron chi connectivity index (χ0n) is 15.1. The minimum absolute atomic E-state index is 0.441. The van der Waals surface area contributed by atoms with Gasteiger partial charge in [-0.1, -0.05) is 11.3 Å². The van der Waals surface area contributed by atoms with Crippen LogP contribution in [0.3, 0.4) is 0 Å². The van der Waals surface area contributed by atoms with Crippen LogP contribution in [0.25, 0.3) is 16.9 Å². The summed E-state index contributed by atoms with van der Waals surface area (Å²) in [4.78, 5) is 12.9. The van der Waals surface area contributed by atoms with Crippen molar-refractivity contribution in [3.05, 3.63) is 78.0 Å². The molecule has 4 rings (SSSR count). The van der Waals surface area contributed by atoms with Crippen LogP contribution in [0.15, 0.2) is 61.2 Å². The number of aryl methyl sites for hydroxylation is 1. The van der Waals surface area contributed by atoms with Crippen molar-refractivity contribution in [1.82, 2.24) is 29.9 Å². The molecule has 0 fully saturated rings. The normalized spacial score (nSPS) is 10.4. The van der Waals surface area contributed by atoms with Crippen molar-refractivity contribution in [3.63, 3.8) is 0 Å². The first-order chi connectivity index (χ1) is 13.7. The first-order valence-electron chi connectivity index (χ1n) is 8.62. The van der Waals surface area contributed by atoms with Gasteiger partial charge in [0.15, 0.2) is 0 Å². The number of benzene rings is 1. The SMILES string of the molecule is Cc1cc(C#N)ccc1-c1ccnc(NCc2cn(-c3cccnc3)nn2)n1. The largest absolute Gasteiger partial charge is 0.348 e. The fraction of sp³-hybridized carbons (Fsp3) is 0.100. The van der Waals surface area contributed by atoms with Crippen molar-refractivity contribution >= 4 is 5.95 Å². The van der Waals surface area contributed by atoms with E-state index in [1.165, 1.54) is 0 Å². The van der Waals surface area contributed by atoms with Crippen molar-refractivity contribution in [2.24, 2.45) is 0 Å². The van der Waals surface area contributed by atoms with E-state index in [0.29, 0.717) is 18.1 Å². The fourth-order valence-corrected chi connectivity index (χ4v) is 2.78. The molecule has 0 saturated carbocycles. The van der Waals surface area contributed by atoms with Crippen LogP contribution in [0.1, 0.15) is 16.8 Å². The van der Waals surface area contributed by atoms with Gasteiger partial charge in [-0.25, -0.2) is 14.6 Å². The standard InChI is InChI=1S/C20H16N8/c1-14-9-15(10-21)4-5-18(14)19-6-8-23-20(25-19)24-11-16-13-28(27-26-16)17-3-2-7-22-12-17/h2-9,12-13H,11H2,1H3,(H,23,24,25). The topological polar surface area (TPSA) is 105 Å². The van der Waals surface area contributed by atoms with Crippen LogP contribution in [0, 0.1) is 18.3 Å². The molecule has 4 aromatic rings. The summed E-state index contributed by atoms with van der Waals surface area (Å²) in [6, 6.07) is 13.3. The Morgan fingerprint density at radius 2 is 2.11 bits per heavy atom. The Balaban J connectivity index is 1.49. The van der Waals surface area contributed by atoms with Crippen LogP contribution in [0.2, 0.25) is 0 Å². The highest BCUT2D eigenvalue weighted by molar-refractivity contribution is 5.65. The fourth-order valence-electron chi connectivity index (χ4n) is 2.78. The Kier molecular flexibility index (Phi) is 4.72. The molecule has 1 aromatic carbocycles. The number of pyridine rings is 1. The number of hydrogen-bond donors (Lipinski definition) is 1. The van der Waals surface area contributed by atoms with Crippen molar-refractivity contribution in [1.29, 1.82) is 5.26 Å². The second kappa shape index (κ2) is 7.63. The van der Waals surface area contributed by atoms with Crippen LogP contribution in [-0.2, 0) is 6.54 Å². The van der Waals surface area contributed by atoms with Crippen LogP contribution in [-0.4, -0.2) is 29.9 Å². The van der Waals surface area contributed by atoms with Gasteiger partial charge in [0.1, 0.15) is 5.69 Å². The number of nitrogens with one attached hydrogen (secondary N) is 1. The Bertz CT molecular complexity index is 1140. The van der Waals surface area contributed by atoms with Gasteiger partial charge in [0.05, 0.1) is 42.0 Å². The van der Waals surface area contributed by atoms with Crippen LogP contribution >= 0.6 is 0 Å². The van der Waals surface area contributed by atoms with Crippen molar-refractivity contribution in [3.8, 4) is 23.0 Å². The lowest BCUT2D eigenvalue weighted by Crippen LogP contribution is -2.04. The van der Waals surface area contributed by atoms with E-state index in [4.69, 9.17) is 5.26 Å². The highest BCUT2D eigenvalue weighted by Crippen LogP contribution is 2.23. The van der Waals surface area contributed by atoms with E-state index in [2.05, 4.69) is 36.7 Å². The Labute approximate surface area is 161 Å². The van der Waals surface area contributed by atoms with Gasteiger partial charge in [-0.15, -0.1) is 5.10 Å². The highest BCUT2D eigenvalue weighted by Gasteiger charge is 2.08. The molecule has 1 N–H and O–H groups in total. The smallest absolute Gasteiger partial charge is 0.223 e. The predicted molar refractivity (Wildman–Crippen MR) is 103 cm³/mol. The van der Waals surface area contributed by atoms with Gasteiger partial charge in [0.25, 0.3) is 0 Å². The molecule has 3 aromatic heterocycles. The summed E-state index contributed by atoms with van der Waals surface area (Å²) in [5.74, 6) is 0.497. The third kappa shape index (κ3) is 3.68. The number of aromatic nitrogens is 6. The summed E-state index contributed by atoms with van der Waals surface area (Å²) in [5.41, 5.74) is 4.97. The molecule has 0 bridgehead atoms. The molecule has 3 heterocycles. The first-order valence-corrected chi connectivity index (χ1v) is 8.62. The van der Waals surface area contributed by atoms with Gasteiger partial charge in [-0.05, 0) is 42.8 Å². The van der Waals surface area contributed by atoms with Gasteiger partial charge in [0.2, 0.25) is 5.95 Å². The number of rotatable bonds is 5. The molecule has 136 valence electrons. The van der Waals surface area contributed by atoms with Gasteiger partial charge in [0, 0.05) is 18.0 Å². The Morgan fingerprint density at radius 1 is 1.18 bits per heavy atom. The van der Waals surface area contributed by atoms with Gasteiger partial charge in [-0.2, -0.15) is 5.26 Å². The van der Waals surface area contributed by atoms with Crippen LogP contribution in [0.4, 0.5) is 5.95 Å². The molecule has 0 aliphatic carbocycles. The molecule has 0 unspecified atom stereocenters.